The van der Waals surface area contributed by atoms with E-state index in [9.17, 15) is 4.79 Å². The quantitative estimate of drug-likeness (QED) is 0.808. The molecule has 1 atom stereocenters. The van der Waals surface area contributed by atoms with Gasteiger partial charge in [-0.1, -0.05) is 18.2 Å². The molecule has 5 nitrogen and oxygen atoms in total. The lowest BCUT2D eigenvalue weighted by atomic mass is 10.2. The maximum Gasteiger partial charge on any atom is 0.236 e. The number of benzene rings is 1. The number of para-hydroxylation sites is 1. The van der Waals surface area contributed by atoms with Gasteiger partial charge in [-0.25, -0.2) is 0 Å². The average Bonchev–Trinajstić information content (AvgIpc) is 2.46. The molecule has 1 aromatic carbocycles. The number of likely N-dealkylation sites (N-methyl/N-ethyl adjacent to an activating group) is 2. The molecule has 0 fully saturated rings. The van der Waals surface area contributed by atoms with Crippen molar-refractivity contribution in [3.63, 3.8) is 0 Å². The Bertz CT molecular complexity index is 437. The summed E-state index contributed by atoms with van der Waals surface area (Å²) in [5.41, 5.74) is 0.976. The van der Waals surface area contributed by atoms with Crippen LogP contribution in [0.25, 0.3) is 0 Å². The predicted octanol–water partition coefficient (Wildman–Crippen LogP) is 0.966. The number of aliphatic hydroxyl groups excluding tert-OH is 1. The zero-order valence-corrected chi connectivity index (χ0v) is 12.7. The van der Waals surface area contributed by atoms with Crippen LogP contribution in [0.4, 0.5) is 0 Å². The SMILES string of the molecule is COc1ccccc1CN(C)C(=O)CN(C)C(C)CO. The molecule has 1 N–H and O–H groups in total. The van der Waals surface area contributed by atoms with E-state index in [2.05, 4.69) is 0 Å². The van der Waals surface area contributed by atoms with E-state index in [0.29, 0.717) is 6.54 Å². The first-order valence-electron chi connectivity index (χ1n) is 6.66. The molecule has 0 heterocycles. The fourth-order valence-electron chi connectivity index (χ4n) is 1.81. The van der Waals surface area contributed by atoms with Crippen molar-refractivity contribution in [2.24, 2.45) is 0 Å². The fourth-order valence-corrected chi connectivity index (χ4v) is 1.81. The number of methoxy groups -OCH3 is 1. The summed E-state index contributed by atoms with van der Waals surface area (Å²) in [6.45, 7) is 2.71. The Balaban J connectivity index is 2.62. The number of amides is 1. The molecule has 0 aromatic heterocycles. The molecule has 5 heteroatoms. The highest BCUT2D eigenvalue weighted by molar-refractivity contribution is 5.78. The third kappa shape index (κ3) is 4.51. The fraction of sp³-hybridized carbons (Fsp3) is 0.533. The molecule has 1 rings (SSSR count). The van der Waals surface area contributed by atoms with Gasteiger partial charge >= 0.3 is 0 Å². The summed E-state index contributed by atoms with van der Waals surface area (Å²) in [6, 6.07) is 7.63. The van der Waals surface area contributed by atoms with Crippen molar-refractivity contribution >= 4 is 5.91 Å². The summed E-state index contributed by atoms with van der Waals surface area (Å²) >= 11 is 0. The van der Waals surface area contributed by atoms with Crippen LogP contribution in [-0.4, -0.2) is 61.2 Å². The molecule has 0 spiro atoms. The van der Waals surface area contributed by atoms with Crippen molar-refractivity contribution in [1.29, 1.82) is 0 Å². The van der Waals surface area contributed by atoms with Crippen molar-refractivity contribution in [3.05, 3.63) is 29.8 Å². The summed E-state index contributed by atoms with van der Waals surface area (Å²) in [7, 11) is 5.22. The molecule has 0 aliphatic rings. The Labute approximate surface area is 120 Å². The summed E-state index contributed by atoms with van der Waals surface area (Å²) in [6.07, 6.45) is 0. The molecule has 1 amide bonds. The van der Waals surface area contributed by atoms with Gasteiger partial charge in [0.25, 0.3) is 0 Å². The summed E-state index contributed by atoms with van der Waals surface area (Å²) in [4.78, 5) is 15.6. The zero-order valence-electron chi connectivity index (χ0n) is 12.7. The minimum absolute atomic E-state index is 0.0127. The molecule has 20 heavy (non-hydrogen) atoms. The zero-order chi connectivity index (χ0) is 15.1. The van der Waals surface area contributed by atoms with E-state index in [-0.39, 0.29) is 25.1 Å². The number of hydrogen-bond acceptors (Lipinski definition) is 4. The first-order chi connectivity index (χ1) is 9.49. The molecule has 1 unspecified atom stereocenters. The van der Waals surface area contributed by atoms with E-state index in [1.54, 1.807) is 19.1 Å². The van der Waals surface area contributed by atoms with Gasteiger partial charge in [-0.05, 0) is 20.0 Å². The molecule has 1 aromatic rings. The molecule has 0 aliphatic carbocycles. The predicted molar refractivity (Wildman–Crippen MR) is 78.6 cm³/mol. The Morgan fingerprint density at radius 2 is 2.00 bits per heavy atom. The third-order valence-electron chi connectivity index (χ3n) is 3.43. The van der Waals surface area contributed by atoms with Gasteiger partial charge in [0, 0.05) is 25.2 Å². The normalized spacial score (nSPS) is 12.3. The summed E-state index contributed by atoms with van der Waals surface area (Å²) in [5, 5.41) is 9.08. The number of carbonyl (C=O) groups excluding carboxylic acids is 1. The van der Waals surface area contributed by atoms with Crippen LogP contribution in [0.5, 0.6) is 5.75 Å². The lowest BCUT2D eigenvalue weighted by Crippen LogP contribution is -2.41. The van der Waals surface area contributed by atoms with Crippen LogP contribution in [0.2, 0.25) is 0 Å². The molecule has 0 aliphatic heterocycles. The molecular formula is C15H24N2O3. The monoisotopic (exact) mass is 280 g/mol. The van der Waals surface area contributed by atoms with Gasteiger partial charge in [0.2, 0.25) is 5.91 Å². The van der Waals surface area contributed by atoms with Crippen LogP contribution < -0.4 is 4.74 Å². The third-order valence-corrected chi connectivity index (χ3v) is 3.43. The van der Waals surface area contributed by atoms with E-state index in [1.807, 2.05) is 43.1 Å². The van der Waals surface area contributed by atoms with Crippen LogP contribution in [0.3, 0.4) is 0 Å². The number of aliphatic hydroxyl groups is 1. The Morgan fingerprint density at radius 3 is 2.60 bits per heavy atom. The maximum absolute atomic E-state index is 12.1. The Hall–Kier alpha value is -1.59. The molecule has 0 saturated carbocycles. The first kappa shape index (κ1) is 16.5. The Kier molecular flexibility index (Phi) is 6.48. The maximum atomic E-state index is 12.1. The topological polar surface area (TPSA) is 53.0 Å². The van der Waals surface area contributed by atoms with Crippen molar-refractivity contribution < 1.29 is 14.6 Å². The number of rotatable bonds is 7. The van der Waals surface area contributed by atoms with Gasteiger partial charge in [-0.3, -0.25) is 9.69 Å². The Morgan fingerprint density at radius 1 is 1.35 bits per heavy atom. The molecular weight excluding hydrogens is 256 g/mol. The van der Waals surface area contributed by atoms with Crippen LogP contribution in [-0.2, 0) is 11.3 Å². The first-order valence-corrected chi connectivity index (χ1v) is 6.66. The molecule has 112 valence electrons. The van der Waals surface area contributed by atoms with Gasteiger partial charge in [0.05, 0.1) is 20.3 Å². The highest BCUT2D eigenvalue weighted by atomic mass is 16.5. The van der Waals surface area contributed by atoms with Gasteiger partial charge in [0.1, 0.15) is 5.75 Å². The smallest absolute Gasteiger partial charge is 0.236 e. The second kappa shape index (κ2) is 7.87. The van der Waals surface area contributed by atoms with Crippen molar-refractivity contribution in [3.8, 4) is 5.75 Å². The van der Waals surface area contributed by atoms with Crippen molar-refractivity contribution in [2.45, 2.75) is 19.5 Å². The number of hydrogen-bond donors (Lipinski definition) is 1. The second-order valence-corrected chi connectivity index (χ2v) is 5.01. The average molecular weight is 280 g/mol. The van der Waals surface area contributed by atoms with Crippen LogP contribution in [0.1, 0.15) is 12.5 Å². The summed E-state index contributed by atoms with van der Waals surface area (Å²) < 4.78 is 5.28. The lowest BCUT2D eigenvalue weighted by Gasteiger charge is -2.25. The molecule has 0 bridgehead atoms. The minimum atomic E-state index is -0.0291. The second-order valence-electron chi connectivity index (χ2n) is 5.01. The largest absolute Gasteiger partial charge is 0.496 e. The van der Waals surface area contributed by atoms with Gasteiger partial charge in [-0.2, -0.15) is 0 Å². The van der Waals surface area contributed by atoms with Crippen LogP contribution in [0, 0.1) is 0 Å². The highest BCUT2D eigenvalue weighted by Crippen LogP contribution is 2.18. The van der Waals surface area contributed by atoms with E-state index < -0.39 is 0 Å². The van der Waals surface area contributed by atoms with Gasteiger partial charge in [-0.15, -0.1) is 0 Å². The standard InChI is InChI=1S/C15H24N2O3/c1-12(11-18)16(2)10-15(19)17(3)9-13-7-5-6-8-14(13)20-4/h5-8,12,18H,9-11H2,1-4H3. The van der Waals surface area contributed by atoms with E-state index in [1.165, 1.54) is 0 Å². The molecule has 0 saturated heterocycles. The lowest BCUT2D eigenvalue weighted by molar-refractivity contribution is -0.131. The van der Waals surface area contributed by atoms with E-state index in [4.69, 9.17) is 9.84 Å². The van der Waals surface area contributed by atoms with E-state index in [0.717, 1.165) is 11.3 Å². The number of ether oxygens (including phenoxy) is 1. The number of nitrogens with zero attached hydrogens (tertiary/aromatic N) is 2. The van der Waals surface area contributed by atoms with Gasteiger partial charge < -0.3 is 14.7 Å². The van der Waals surface area contributed by atoms with Crippen molar-refractivity contribution in [2.75, 3.05) is 34.4 Å². The van der Waals surface area contributed by atoms with Crippen molar-refractivity contribution in [1.82, 2.24) is 9.80 Å². The van der Waals surface area contributed by atoms with E-state index >= 15 is 0 Å². The number of carbonyl (C=O) groups is 1. The summed E-state index contributed by atoms with van der Waals surface area (Å²) in [5.74, 6) is 0.794. The highest BCUT2D eigenvalue weighted by Gasteiger charge is 2.16. The minimum Gasteiger partial charge on any atom is -0.496 e. The molecule has 0 radical (unpaired) electrons. The van der Waals surface area contributed by atoms with Crippen LogP contribution >= 0.6 is 0 Å². The van der Waals surface area contributed by atoms with Gasteiger partial charge in [0.15, 0.2) is 0 Å². The van der Waals surface area contributed by atoms with Crippen LogP contribution in [0.15, 0.2) is 24.3 Å².